The summed E-state index contributed by atoms with van der Waals surface area (Å²) in [6.07, 6.45) is 0. The van der Waals surface area contributed by atoms with Crippen LogP contribution in [0.2, 0.25) is 0 Å². The Hall–Kier alpha value is -2.69. The van der Waals surface area contributed by atoms with Gasteiger partial charge >= 0.3 is 6.03 Å². The van der Waals surface area contributed by atoms with E-state index in [4.69, 9.17) is 4.74 Å². The topological polar surface area (TPSA) is 62.4 Å². The molecule has 5 heteroatoms. The minimum Gasteiger partial charge on any atom is -0.496 e. The third-order valence-electron chi connectivity index (χ3n) is 3.05. The van der Waals surface area contributed by atoms with Gasteiger partial charge in [0.05, 0.1) is 7.11 Å². The molecule has 0 fully saturated rings. The molecule has 0 aliphatic rings. The molecule has 0 saturated heterocycles. The van der Waals surface area contributed by atoms with Gasteiger partial charge in [0.2, 0.25) is 0 Å². The third-order valence-corrected chi connectivity index (χ3v) is 3.05. The Balaban J connectivity index is 1.96. The minimum absolute atomic E-state index is 0.232. The van der Waals surface area contributed by atoms with Crippen molar-refractivity contribution in [2.75, 3.05) is 24.8 Å². The summed E-state index contributed by atoms with van der Waals surface area (Å²) in [6, 6.07) is 15.2. The molecular formula is C16H19N3O2. The second-order valence-electron chi connectivity index (χ2n) is 4.45. The zero-order valence-corrected chi connectivity index (χ0v) is 12.1. The number of hydrogen-bond acceptors (Lipinski definition) is 3. The van der Waals surface area contributed by atoms with Crippen molar-refractivity contribution in [3.63, 3.8) is 0 Å². The van der Waals surface area contributed by atoms with Gasteiger partial charge in [0.25, 0.3) is 0 Å². The first-order chi connectivity index (χ1) is 10.2. The first kappa shape index (κ1) is 14.7. The molecule has 0 aliphatic heterocycles. The molecule has 21 heavy (non-hydrogen) atoms. The minimum atomic E-state index is -0.232. The Kier molecular flexibility index (Phi) is 5.04. The van der Waals surface area contributed by atoms with Crippen LogP contribution in [0.15, 0.2) is 48.5 Å². The summed E-state index contributed by atoms with van der Waals surface area (Å²) in [4.78, 5) is 11.2. The highest BCUT2D eigenvalue weighted by Crippen LogP contribution is 2.19. The van der Waals surface area contributed by atoms with Crippen LogP contribution in [0.5, 0.6) is 5.75 Å². The van der Waals surface area contributed by atoms with Gasteiger partial charge in [0.15, 0.2) is 0 Å². The number of anilines is 2. The SMILES string of the molecule is CNC(=O)Nc1ccc(NCc2ccccc2OC)cc1. The van der Waals surface area contributed by atoms with Gasteiger partial charge in [0, 0.05) is 30.5 Å². The van der Waals surface area contributed by atoms with Crippen molar-refractivity contribution in [3.05, 3.63) is 54.1 Å². The molecule has 2 amide bonds. The second kappa shape index (κ2) is 7.19. The average Bonchev–Trinajstić information content (AvgIpc) is 2.54. The molecule has 0 unspecified atom stereocenters. The van der Waals surface area contributed by atoms with E-state index in [0.717, 1.165) is 22.7 Å². The zero-order valence-electron chi connectivity index (χ0n) is 12.1. The number of para-hydroxylation sites is 1. The van der Waals surface area contributed by atoms with Crippen LogP contribution >= 0.6 is 0 Å². The van der Waals surface area contributed by atoms with Crippen molar-refractivity contribution >= 4 is 17.4 Å². The van der Waals surface area contributed by atoms with E-state index in [2.05, 4.69) is 16.0 Å². The van der Waals surface area contributed by atoms with Crippen LogP contribution in [0.1, 0.15) is 5.56 Å². The van der Waals surface area contributed by atoms with Crippen molar-refractivity contribution in [2.45, 2.75) is 6.54 Å². The third kappa shape index (κ3) is 4.14. The van der Waals surface area contributed by atoms with Crippen molar-refractivity contribution in [3.8, 4) is 5.75 Å². The molecule has 2 aromatic rings. The molecule has 0 bridgehead atoms. The van der Waals surface area contributed by atoms with E-state index in [9.17, 15) is 4.79 Å². The van der Waals surface area contributed by atoms with Gasteiger partial charge < -0.3 is 20.7 Å². The van der Waals surface area contributed by atoms with Gasteiger partial charge in [-0.2, -0.15) is 0 Å². The van der Waals surface area contributed by atoms with Gasteiger partial charge in [-0.1, -0.05) is 18.2 Å². The quantitative estimate of drug-likeness (QED) is 0.791. The molecule has 0 heterocycles. The van der Waals surface area contributed by atoms with Crippen LogP contribution in [-0.2, 0) is 6.54 Å². The van der Waals surface area contributed by atoms with Crippen LogP contribution in [0.4, 0.5) is 16.2 Å². The molecule has 0 saturated carbocycles. The molecule has 2 rings (SSSR count). The number of rotatable bonds is 5. The van der Waals surface area contributed by atoms with E-state index >= 15 is 0 Å². The molecule has 0 atom stereocenters. The lowest BCUT2D eigenvalue weighted by Crippen LogP contribution is -2.24. The Morgan fingerprint density at radius 3 is 2.38 bits per heavy atom. The predicted octanol–water partition coefficient (Wildman–Crippen LogP) is 3.06. The number of amides is 2. The van der Waals surface area contributed by atoms with Gasteiger partial charge in [-0.15, -0.1) is 0 Å². The summed E-state index contributed by atoms with van der Waals surface area (Å²) in [5.74, 6) is 0.864. The van der Waals surface area contributed by atoms with E-state index in [1.54, 1.807) is 14.2 Å². The smallest absolute Gasteiger partial charge is 0.318 e. The average molecular weight is 285 g/mol. The van der Waals surface area contributed by atoms with Crippen molar-refractivity contribution in [1.29, 1.82) is 0 Å². The Labute approximate surface area is 124 Å². The van der Waals surface area contributed by atoms with Crippen molar-refractivity contribution < 1.29 is 9.53 Å². The highest BCUT2D eigenvalue weighted by molar-refractivity contribution is 5.89. The van der Waals surface area contributed by atoms with E-state index in [1.807, 2.05) is 48.5 Å². The number of urea groups is 1. The number of carbonyl (C=O) groups excluding carboxylic acids is 1. The fourth-order valence-electron chi connectivity index (χ4n) is 1.91. The molecule has 0 aromatic heterocycles. The summed E-state index contributed by atoms with van der Waals surface area (Å²) in [6.45, 7) is 0.673. The maximum atomic E-state index is 11.2. The first-order valence-corrected chi connectivity index (χ1v) is 6.67. The maximum absolute atomic E-state index is 11.2. The van der Waals surface area contributed by atoms with Crippen LogP contribution in [0.25, 0.3) is 0 Å². The molecule has 110 valence electrons. The lowest BCUT2D eigenvalue weighted by molar-refractivity contribution is 0.254. The number of benzene rings is 2. The standard InChI is InChI=1S/C16H19N3O2/c1-17-16(20)19-14-9-7-13(8-10-14)18-11-12-5-3-4-6-15(12)21-2/h3-10,18H,11H2,1-2H3,(H2,17,19,20). The van der Waals surface area contributed by atoms with Crippen LogP contribution < -0.4 is 20.7 Å². The van der Waals surface area contributed by atoms with Gasteiger partial charge in [-0.3, -0.25) is 0 Å². The number of carbonyl (C=O) groups is 1. The molecule has 3 N–H and O–H groups in total. The van der Waals surface area contributed by atoms with Gasteiger partial charge in [-0.25, -0.2) is 4.79 Å². The lowest BCUT2D eigenvalue weighted by atomic mass is 10.2. The van der Waals surface area contributed by atoms with E-state index in [1.165, 1.54) is 0 Å². The number of ether oxygens (including phenoxy) is 1. The monoisotopic (exact) mass is 285 g/mol. The van der Waals surface area contributed by atoms with Crippen LogP contribution in [-0.4, -0.2) is 20.2 Å². The molecule has 0 radical (unpaired) electrons. The molecule has 2 aromatic carbocycles. The lowest BCUT2D eigenvalue weighted by Gasteiger charge is -2.11. The first-order valence-electron chi connectivity index (χ1n) is 6.67. The summed E-state index contributed by atoms with van der Waals surface area (Å²) >= 11 is 0. The van der Waals surface area contributed by atoms with E-state index in [0.29, 0.717) is 6.54 Å². The van der Waals surface area contributed by atoms with Crippen molar-refractivity contribution in [1.82, 2.24) is 5.32 Å². The Morgan fingerprint density at radius 2 is 1.71 bits per heavy atom. The normalized spacial score (nSPS) is 9.81. The molecule has 0 spiro atoms. The molecular weight excluding hydrogens is 266 g/mol. The van der Waals surface area contributed by atoms with Crippen LogP contribution in [0.3, 0.4) is 0 Å². The largest absolute Gasteiger partial charge is 0.496 e. The summed E-state index contributed by atoms with van der Waals surface area (Å²) in [7, 11) is 3.25. The number of methoxy groups -OCH3 is 1. The number of hydrogen-bond donors (Lipinski definition) is 3. The second-order valence-corrected chi connectivity index (χ2v) is 4.45. The summed E-state index contributed by atoms with van der Waals surface area (Å²) in [5.41, 5.74) is 2.81. The molecule has 5 nitrogen and oxygen atoms in total. The highest BCUT2D eigenvalue weighted by Gasteiger charge is 2.02. The molecule has 0 aliphatic carbocycles. The zero-order chi connectivity index (χ0) is 15.1. The highest BCUT2D eigenvalue weighted by atomic mass is 16.5. The predicted molar refractivity (Wildman–Crippen MR) is 84.8 cm³/mol. The maximum Gasteiger partial charge on any atom is 0.318 e. The van der Waals surface area contributed by atoms with Crippen molar-refractivity contribution in [2.24, 2.45) is 0 Å². The van der Waals surface area contributed by atoms with E-state index in [-0.39, 0.29) is 6.03 Å². The Morgan fingerprint density at radius 1 is 1.05 bits per heavy atom. The van der Waals surface area contributed by atoms with E-state index < -0.39 is 0 Å². The number of nitrogens with one attached hydrogen (secondary N) is 3. The summed E-state index contributed by atoms with van der Waals surface area (Å²) < 4.78 is 5.31. The van der Waals surface area contributed by atoms with Gasteiger partial charge in [0.1, 0.15) is 5.75 Å². The summed E-state index contributed by atoms with van der Waals surface area (Å²) in [5, 5.41) is 8.54. The van der Waals surface area contributed by atoms with Crippen LogP contribution in [0, 0.1) is 0 Å². The fourth-order valence-corrected chi connectivity index (χ4v) is 1.91. The fraction of sp³-hybridized carbons (Fsp3) is 0.188. The Bertz CT molecular complexity index is 597. The van der Waals surface area contributed by atoms with Gasteiger partial charge in [-0.05, 0) is 30.3 Å².